The summed E-state index contributed by atoms with van der Waals surface area (Å²) < 4.78 is 6.27. The first-order valence-corrected chi connectivity index (χ1v) is 13.5. The Morgan fingerprint density at radius 1 is 1.32 bits per heavy atom. The van der Waals surface area contributed by atoms with Crippen molar-refractivity contribution < 1.29 is 19.4 Å². The van der Waals surface area contributed by atoms with Crippen molar-refractivity contribution in [3.05, 3.63) is 36.9 Å². The summed E-state index contributed by atoms with van der Waals surface area (Å²) in [5, 5.41) is 11.6. The molecular weight excluding hydrogens is 446 g/mol. The van der Waals surface area contributed by atoms with Gasteiger partial charge in [-0.1, -0.05) is 39.8 Å². The van der Waals surface area contributed by atoms with E-state index in [0.717, 1.165) is 24.2 Å². The molecule has 0 unspecified atom stereocenters. The highest BCUT2D eigenvalue weighted by molar-refractivity contribution is 8.00. The number of carbonyl (C=O) groups is 2. The van der Waals surface area contributed by atoms with Gasteiger partial charge in [-0.05, 0) is 61.1 Å². The van der Waals surface area contributed by atoms with E-state index in [2.05, 4.69) is 27.4 Å². The zero-order chi connectivity index (χ0) is 24.9. The summed E-state index contributed by atoms with van der Waals surface area (Å²) in [5.74, 6) is 0.116. The largest absolute Gasteiger partial charge is 0.461 e. The van der Waals surface area contributed by atoms with Crippen molar-refractivity contribution >= 4 is 29.2 Å². The van der Waals surface area contributed by atoms with Gasteiger partial charge in [-0.25, -0.2) is 0 Å². The summed E-state index contributed by atoms with van der Waals surface area (Å²) in [5.41, 5.74) is 5.16. The maximum Gasteiger partial charge on any atom is 0.316 e. The number of aliphatic hydroxyl groups excluding tert-OH is 1. The SMILES string of the molecule is C=C[C@]1(C)C[C@@H](OC(=O)CSc2cccc(N)c2)[C@]2(C)[C@H](C)CC[C@]3(CCC(=O)[C@H]32)[C@@H](C)[C@@H]1O. The molecule has 2 bridgehead atoms. The van der Waals surface area contributed by atoms with Crippen molar-refractivity contribution in [1.82, 2.24) is 0 Å². The second-order valence-electron chi connectivity index (χ2n) is 11.4. The van der Waals surface area contributed by atoms with Gasteiger partial charge in [0.25, 0.3) is 0 Å². The molecule has 0 spiro atoms. The van der Waals surface area contributed by atoms with Crippen LogP contribution in [0.2, 0.25) is 0 Å². The fourth-order valence-electron chi connectivity index (χ4n) is 7.44. The number of thioether (sulfide) groups is 1. The van der Waals surface area contributed by atoms with E-state index in [1.54, 1.807) is 0 Å². The van der Waals surface area contributed by atoms with Crippen molar-refractivity contribution in [1.29, 1.82) is 0 Å². The van der Waals surface area contributed by atoms with Crippen LogP contribution in [-0.4, -0.2) is 34.8 Å². The van der Waals surface area contributed by atoms with Crippen LogP contribution in [0.25, 0.3) is 0 Å². The number of hydrogen-bond acceptors (Lipinski definition) is 6. The monoisotopic (exact) mass is 485 g/mol. The molecule has 3 aliphatic rings. The van der Waals surface area contributed by atoms with Crippen LogP contribution in [0.5, 0.6) is 0 Å². The molecule has 5 nitrogen and oxygen atoms in total. The van der Waals surface area contributed by atoms with Gasteiger partial charge in [-0.15, -0.1) is 18.3 Å². The van der Waals surface area contributed by atoms with Crippen LogP contribution in [0.3, 0.4) is 0 Å². The minimum Gasteiger partial charge on any atom is -0.461 e. The minimum absolute atomic E-state index is 0.0329. The number of esters is 1. The summed E-state index contributed by atoms with van der Waals surface area (Å²) in [4.78, 5) is 27.5. The second kappa shape index (κ2) is 9.02. The van der Waals surface area contributed by atoms with Gasteiger partial charge in [-0.3, -0.25) is 9.59 Å². The third-order valence-corrected chi connectivity index (χ3v) is 10.8. The molecule has 0 aliphatic heterocycles. The van der Waals surface area contributed by atoms with Crippen molar-refractivity contribution in [3.63, 3.8) is 0 Å². The molecule has 3 aliphatic carbocycles. The molecule has 1 aromatic rings. The molecule has 0 amide bonds. The smallest absolute Gasteiger partial charge is 0.316 e. The average Bonchev–Trinajstić information content (AvgIpc) is 3.16. The third-order valence-electron chi connectivity index (χ3n) is 9.79. The lowest BCUT2D eigenvalue weighted by atomic mass is 9.44. The first-order valence-electron chi connectivity index (χ1n) is 12.5. The molecule has 3 saturated carbocycles. The third kappa shape index (κ3) is 3.91. The summed E-state index contributed by atoms with van der Waals surface area (Å²) in [6.07, 6.45) is 4.39. The van der Waals surface area contributed by atoms with Crippen LogP contribution >= 0.6 is 11.8 Å². The van der Waals surface area contributed by atoms with Crippen LogP contribution in [0.15, 0.2) is 41.8 Å². The van der Waals surface area contributed by atoms with E-state index < -0.39 is 23.0 Å². The van der Waals surface area contributed by atoms with Crippen LogP contribution < -0.4 is 5.73 Å². The molecule has 8 atom stereocenters. The van der Waals surface area contributed by atoms with Gasteiger partial charge in [0, 0.05) is 33.8 Å². The fraction of sp³-hybridized carbons (Fsp3) is 0.643. The topological polar surface area (TPSA) is 89.6 Å². The quantitative estimate of drug-likeness (QED) is 0.256. The van der Waals surface area contributed by atoms with Crippen LogP contribution in [0.4, 0.5) is 5.69 Å². The van der Waals surface area contributed by atoms with Gasteiger partial charge in [0.1, 0.15) is 11.9 Å². The molecule has 186 valence electrons. The highest BCUT2D eigenvalue weighted by Crippen LogP contribution is 2.68. The Labute approximate surface area is 207 Å². The summed E-state index contributed by atoms with van der Waals surface area (Å²) in [6.45, 7) is 12.6. The number of Topliss-reactive ketones (excluding diaryl/α,β-unsaturated/α-hetero) is 1. The molecule has 3 fully saturated rings. The van der Waals surface area contributed by atoms with E-state index in [0.29, 0.717) is 18.5 Å². The predicted molar refractivity (Wildman–Crippen MR) is 136 cm³/mol. The van der Waals surface area contributed by atoms with Crippen molar-refractivity contribution in [2.24, 2.45) is 34.0 Å². The Balaban J connectivity index is 1.68. The van der Waals surface area contributed by atoms with Gasteiger partial charge >= 0.3 is 5.97 Å². The number of ketones is 1. The van der Waals surface area contributed by atoms with E-state index in [9.17, 15) is 14.7 Å². The standard InChI is InChI=1S/C28H39NO4S/c1-6-26(4)15-22(33-23(31)16-34-20-9-7-8-19(29)14-20)27(5)17(2)10-12-28(18(3)25(26)32)13-11-21(30)24(27)28/h6-9,14,17-18,22,24-25,32H,1,10-13,15-16,29H2,2-5H3/t17-,18+,22-,24+,25+,26-,27+,28+/m1/s1. The Morgan fingerprint density at radius 2 is 2.06 bits per heavy atom. The molecule has 0 aromatic heterocycles. The lowest BCUT2D eigenvalue weighted by molar-refractivity contribution is -0.205. The number of anilines is 1. The van der Waals surface area contributed by atoms with Crippen LogP contribution in [0, 0.1) is 34.0 Å². The molecule has 0 heterocycles. The first kappa shape index (κ1) is 25.3. The highest BCUT2D eigenvalue weighted by atomic mass is 32.2. The number of nitrogen functional groups attached to an aromatic ring is 1. The van der Waals surface area contributed by atoms with E-state index in [4.69, 9.17) is 10.5 Å². The summed E-state index contributed by atoms with van der Waals surface area (Å²) in [6, 6.07) is 7.45. The Morgan fingerprint density at radius 3 is 2.74 bits per heavy atom. The number of nitrogens with two attached hydrogens (primary N) is 1. The molecule has 1 aromatic carbocycles. The maximum atomic E-state index is 13.4. The highest BCUT2D eigenvalue weighted by Gasteiger charge is 2.68. The molecule has 4 rings (SSSR count). The second-order valence-corrected chi connectivity index (χ2v) is 12.5. The van der Waals surface area contributed by atoms with E-state index in [1.165, 1.54) is 11.8 Å². The number of aliphatic hydroxyl groups is 1. The van der Waals surface area contributed by atoms with E-state index in [1.807, 2.05) is 37.3 Å². The Bertz CT molecular complexity index is 981. The molecule has 34 heavy (non-hydrogen) atoms. The van der Waals surface area contributed by atoms with Gasteiger partial charge in [0.15, 0.2) is 0 Å². The van der Waals surface area contributed by atoms with Crippen molar-refractivity contribution in [2.75, 3.05) is 11.5 Å². The summed E-state index contributed by atoms with van der Waals surface area (Å²) >= 11 is 1.40. The normalized spacial score (nSPS) is 41.8. The maximum absolute atomic E-state index is 13.4. The van der Waals surface area contributed by atoms with Gasteiger partial charge in [0.2, 0.25) is 0 Å². The molecule has 6 heteroatoms. The lowest BCUT2D eigenvalue weighted by Crippen LogP contribution is -2.63. The number of rotatable bonds is 5. The summed E-state index contributed by atoms with van der Waals surface area (Å²) in [7, 11) is 0. The predicted octanol–water partition coefficient (Wildman–Crippen LogP) is 5.27. The Hall–Kier alpha value is -1.79. The number of carbonyl (C=O) groups excluding carboxylic acids is 2. The van der Waals surface area contributed by atoms with E-state index >= 15 is 0 Å². The van der Waals surface area contributed by atoms with Crippen molar-refractivity contribution in [2.45, 2.75) is 76.9 Å². The van der Waals surface area contributed by atoms with Crippen LogP contribution in [0.1, 0.15) is 59.8 Å². The number of ether oxygens (including phenoxy) is 1. The Kier molecular flexibility index (Phi) is 6.71. The molecule has 3 N–H and O–H groups in total. The minimum atomic E-state index is -0.653. The first-order chi connectivity index (χ1) is 16.0. The van der Waals surface area contributed by atoms with Crippen molar-refractivity contribution in [3.8, 4) is 0 Å². The number of hydrogen-bond donors (Lipinski definition) is 2. The average molecular weight is 486 g/mol. The van der Waals surface area contributed by atoms with Crippen LogP contribution in [-0.2, 0) is 14.3 Å². The zero-order valence-corrected chi connectivity index (χ0v) is 21.7. The molecule has 0 saturated heterocycles. The van der Waals surface area contributed by atoms with E-state index in [-0.39, 0.29) is 40.7 Å². The zero-order valence-electron chi connectivity index (χ0n) is 20.9. The molecular formula is C28H39NO4S. The fourth-order valence-corrected chi connectivity index (χ4v) is 8.19. The van der Waals surface area contributed by atoms with Gasteiger partial charge in [0.05, 0.1) is 11.9 Å². The van der Waals surface area contributed by atoms with Gasteiger partial charge in [-0.2, -0.15) is 0 Å². The number of benzene rings is 1. The molecule has 0 radical (unpaired) electrons. The van der Waals surface area contributed by atoms with Gasteiger partial charge < -0.3 is 15.6 Å². The lowest BCUT2D eigenvalue weighted by Gasteiger charge is -2.61.